The average Bonchev–Trinajstić information content (AvgIpc) is 3.60. The molecule has 3 aromatic rings. The van der Waals surface area contributed by atoms with E-state index in [4.69, 9.17) is 9.72 Å². The van der Waals surface area contributed by atoms with Gasteiger partial charge in [-0.1, -0.05) is 36.8 Å². The lowest BCUT2D eigenvalue weighted by molar-refractivity contribution is -0.117. The van der Waals surface area contributed by atoms with Gasteiger partial charge >= 0.3 is 0 Å². The predicted octanol–water partition coefficient (Wildman–Crippen LogP) is 6.03. The van der Waals surface area contributed by atoms with Gasteiger partial charge in [-0.05, 0) is 61.8 Å². The second-order valence-corrected chi connectivity index (χ2v) is 8.46. The fourth-order valence-electron chi connectivity index (χ4n) is 4.15. The molecule has 4 heteroatoms. The number of carbonyl (C=O) groups is 1. The van der Waals surface area contributed by atoms with Crippen LogP contribution in [0.25, 0.3) is 10.9 Å². The summed E-state index contributed by atoms with van der Waals surface area (Å²) in [6.07, 6.45) is 11.5. The number of pyridine rings is 2. The van der Waals surface area contributed by atoms with E-state index in [1.807, 2.05) is 30.7 Å². The third-order valence-electron chi connectivity index (χ3n) is 5.94. The Balaban J connectivity index is 1.68. The topological polar surface area (TPSA) is 52.1 Å². The van der Waals surface area contributed by atoms with E-state index in [1.54, 1.807) is 6.92 Å². The Kier molecular flexibility index (Phi) is 6.85. The van der Waals surface area contributed by atoms with E-state index in [2.05, 4.69) is 35.3 Å². The van der Waals surface area contributed by atoms with Crippen LogP contribution >= 0.6 is 0 Å². The Labute approximate surface area is 178 Å². The molecule has 2 atom stereocenters. The fourth-order valence-corrected chi connectivity index (χ4v) is 4.15. The molecule has 0 amide bonds. The Bertz CT molecular complexity index is 964. The third-order valence-corrected chi connectivity index (χ3v) is 5.94. The minimum atomic E-state index is -0.0655. The van der Waals surface area contributed by atoms with Crippen LogP contribution in [0.3, 0.4) is 0 Å². The second-order valence-electron chi connectivity index (χ2n) is 8.46. The molecule has 0 spiro atoms. The maximum absolute atomic E-state index is 11.4. The molecule has 1 aliphatic carbocycles. The summed E-state index contributed by atoms with van der Waals surface area (Å²) < 4.78 is 6.56. The van der Waals surface area contributed by atoms with E-state index in [1.165, 1.54) is 18.4 Å². The highest BCUT2D eigenvalue weighted by atomic mass is 16.5. The van der Waals surface area contributed by atoms with Crippen LogP contribution < -0.4 is 0 Å². The number of ketones is 1. The van der Waals surface area contributed by atoms with Crippen LogP contribution in [0.5, 0.6) is 0 Å². The highest BCUT2D eigenvalue weighted by molar-refractivity contribution is 5.82. The first-order chi connectivity index (χ1) is 14.7. The molecule has 0 unspecified atom stereocenters. The number of nitrogens with zero attached hydrogens (tertiary/aromatic N) is 2. The monoisotopic (exact) mass is 402 g/mol. The summed E-state index contributed by atoms with van der Waals surface area (Å²) in [5.41, 5.74) is 3.38. The van der Waals surface area contributed by atoms with E-state index in [-0.39, 0.29) is 17.8 Å². The summed E-state index contributed by atoms with van der Waals surface area (Å²) in [5, 5.41) is 1.15. The molecule has 1 fully saturated rings. The van der Waals surface area contributed by atoms with Crippen molar-refractivity contribution in [2.75, 3.05) is 6.61 Å². The predicted molar refractivity (Wildman–Crippen MR) is 119 cm³/mol. The molecule has 1 aliphatic rings. The number of hydrogen-bond donors (Lipinski definition) is 0. The van der Waals surface area contributed by atoms with Crippen LogP contribution in [0.15, 0.2) is 61.1 Å². The van der Waals surface area contributed by atoms with Gasteiger partial charge in [-0.3, -0.25) is 9.97 Å². The quantitative estimate of drug-likeness (QED) is 0.367. The summed E-state index contributed by atoms with van der Waals surface area (Å²) >= 11 is 0. The van der Waals surface area contributed by atoms with Gasteiger partial charge < -0.3 is 9.53 Å². The number of rotatable bonds is 11. The normalized spacial score (nSPS) is 15.8. The molecule has 1 saturated carbocycles. The smallest absolute Gasteiger partial charge is 0.129 e. The van der Waals surface area contributed by atoms with Gasteiger partial charge in [0, 0.05) is 36.3 Å². The number of ether oxygens (including phenoxy) is 1. The first-order valence-electron chi connectivity index (χ1n) is 11.1. The zero-order valence-corrected chi connectivity index (χ0v) is 17.7. The lowest BCUT2D eigenvalue weighted by Gasteiger charge is -2.29. The van der Waals surface area contributed by atoms with Crippen molar-refractivity contribution in [3.63, 3.8) is 0 Å². The van der Waals surface area contributed by atoms with Crippen molar-refractivity contribution >= 4 is 16.7 Å². The average molecular weight is 403 g/mol. The number of benzene rings is 1. The molecular weight excluding hydrogens is 372 g/mol. The molecular formula is C26H30N2O2. The number of para-hydroxylation sites is 1. The molecule has 0 radical (unpaired) electrons. The molecule has 156 valence electrons. The van der Waals surface area contributed by atoms with Gasteiger partial charge in [0.2, 0.25) is 0 Å². The van der Waals surface area contributed by atoms with Crippen molar-refractivity contribution in [2.45, 2.75) is 57.5 Å². The van der Waals surface area contributed by atoms with Crippen LogP contribution in [0.1, 0.15) is 68.6 Å². The molecule has 2 aromatic heterocycles. The molecule has 0 aliphatic heterocycles. The van der Waals surface area contributed by atoms with E-state index >= 15 is 0 Å². The number of carbonyl (C=O) groups excluding carboxylic acids is 1. The van der Waals surface area contributed by atoms with Crippen LogP contribution in [-0.4, -0.2) is 22.4 Å². The molecule has 0 bridgehead atoms. The largest absolute Gasteiger partial charge is 0.373 e. The minimum Gasteiger partial charge on any atom is -0.373 e. The van der Waals surface area contributed by atoms with Crippen molar-refractivity contribution < 1.29 is 9.53 Å². The molecule has 4 rings (SSSR count). The van der Waals surface area contributed by atoms with E-state index in [0.29, 0.717) is 12.3 Å². The maximum atomic E-state index is 11.4. The van der Waals surface area contributed by atoms with Gasteiger partial charge in [0.15, 0.2) is 0 Å². The van der Waals surface area contributed by atoms with Gasteiger partial charge in [0.1, 0.15) is 5.78 Å². The minimum absolute atomic E-state index is 0.0655. The van der Waals surface area contributed by atoms with E-state index < -0.39 is 0 Å². The molecule has 2 heterocycles. The number of Topliss-reactive ketones (excluding diaryl/α,β-unsaturated/α-hetero) is 1. The van der Waals surface area contributed by atoms with Gasteiger partial charge in [-0.15, -0.1) is 0 Å². The Morgan fingerprint density at radius 1 is 1.10 bits per heavy atom. The van der Waals surface area contributed by atoms with E-state index in [9.17, 15) is 4.79 Å². The molecule has 0 saturated heterocycles. The van der Waals surface area contributed by atoms with Gasteiger partial charge in [0.05, 0.1) is 18.2 Å². The maximum Gasteiger partial charge on any atom is 0.129 e. The highest BCUT2D eigenvalue weighted by Crippen LogP contribution is 2.41. The standard InChI is InChI=1S/C26H30N2O2/c1-19(29)7-2-3-11-24(23-12-4-8-21-9-6-16-28-25(21)23)26(30-18-20-13-14-20)22-10-5-15-27-17-22/h4-6,8-10,12,15-17,20,24,26H,2-3,7,11,13-14,18H2,1H3/t24-,26+/m0/s1. The molecule has 1 aromatic carbocycles. The summed E-state index contributed by atoms with van der Waals surface area (Å²) in [4.78, 5) is 20.5. The van der Waals surface area contributed by atoms with Crippen molar-refractivity contribution in [1.82, 2.24) is 9.97 Å². The van der Waals surface area contributed by atoms with Crippen LogP contribution in [0, 0.1) is 5.92 Å². The van der Waals surface area contributed by atoms with Crippen molar-refractivity contribution in [3.05, 3.63) is 72.2 Å². The fraction of sp³-hybridized carbons (Fsp3) is 0.423. The highest BCUT2D eigenvalue weighted by Gasteiger charge is 2.30. The first kappa shape index (κ1) is 20.7. The van der Waals surface area contributed by atoms with Crippen LogP contribution in [-0.2, 0) is 9.53 Å². The molecule has 0 N–H and O–H groups in total. The van der Waals surface area contributed by atoms with Crippen LogP contribution in [0.4, 0.5) is 0 Å². The Morgan fingerprint density at radius 3 is 2.70 bits per heavy atom. The van der Waals surface area contributed by atoms with Crippen LogP contribution in [0.2, 0.25) is 0 Å². The summed E-state index contributed by atoms with van der Waals surface area (Å²) in [7, 11) is 0. The van der Waals surface area contributed by atoms with Gasteiger partial charge in [-0.2, -0.15) is 0 Å². The van der Waals surface area contributed by atoms with Crippen molar-refractivity contribution in [3.8, 4) is 0 Å². The Hall–Kier alpha value is -2.59. The van der Waals surface area contributed by atoms with Gasteiger partial charge in [0.25, 0.3) is 0 Å². The first-order valence-corrected chi connectivity index (χ1v) is 11.1. The summed E-state index contributed by atoms with van der Waals surface area (Å²) in [5.74, 6) is 1.11. The molecule has 30 heavy (non-hydrogen) atoms. The number of fused-ring (bicyclic) bond motifs is 1. The lowest BCUT2D eigenvalue weighted by atomic mass is 9.84. The van der Waals surface area contributed by atoms with Crippen molar-refractivity contribution in [1.29, 1.82) is 0 Å². The zero-order valence-electron chi connectivity index (χ0n) is 17.7. The second kappa shape index (κ2) is 9.94. The van der Waals surface area contributed by atoms with Crippen molar-refractivity contribution in [2.24, 2.45) is 5.92 Å². The van der Waals surface area contributed by atoms with Gasteiger partial charge in [-0.25, -0.2) is 0 Å². The molecule has 4 nitrogen and oxygen atoms in total. The number of aromatic nitrogens is 2. The summed E-state index contributed by atoms with van der Waals surface area (Å²) in [6.45, 7) is 2.46. The lowest BCUT2D eigenvalue weighted by Crippen LogP contribution is -2.17. The number of unbranched alkanes of at least 4 members (excludes halogenated alkanes) is 1. The number of hydrogen-bond acceptors (Lipinski definition) is 4. The van der Waals surface area contributed by atoms with E-state index in [0.717, 1.165) is 42.3 Å². The SMILES string of the molecule is CC(=O)CCCC[C@@H](c1cccc2cccnc12)[C@H](OCC1CC1)c1cccnc1. The zero-order chi connectivity index (χ0) is 20.8. The summed E-state index contributed by atoms with van der Waals surface area (Å²) in [6, 6.07) is 14.6. The Morgan fingerprint density at radius 2 is 1.93 bits per heavy atom. The third kappa shape index (κ3) is 5.31.